The Balaban J connectivity index is 1.17. The lowest BCUT2D eigenvalue weighted by Gasteiger charge is -2.34. The lowest BCUT2D eigenvalue weighted by molar-refractivity contribution is -0.129. The van der Waals surface area contributed by atoms with E-state index in [-0.39, 0.29) is 24.6 Å². The number of fused-ring (bicyclic) bond motifs is 1. The highest BCUT2D eigenvalue weighted by Gasteiger charge is 2.20. The molecule has 12 heteroatoms. The minimum atomic E-state index is -0.550. The van der Waals surface area contributed by atoms with E-state index in [9.17, 15) is 9.59 Å². The second-order valence-electron chi connectivity index (χ2n) is 7.46. The number of amides is 2. The van der Waals surface area contributed by atoms with E-state index in [0.29, 0.717) is 49.1 Å². The first-order valence-corrected chi connectivity index (χ1v) is 10.3. The van der Waals surface area contributed by atoms with E-state index in [2.05, 4.69) is 30.7 Å². The molecule has 0 aliphatic carbocycles. The van der Waals surface area contributed by atoms with Crippen LogP contribution in [0.1, 0.15) is 17.6 Å². The predicted molar refractivity (Wildman–Crippen MR) is 117 cm³/mol. The van der Waals surface area contributed by atoms with Crippen LogP contribution in [0.2, 0.25) is 0 Å². The first kappa shape index (κ1) is 20.5. The van der Waals surface area contributed by atoms with E-state index in [1.165, 1.54) is 0 Å². The number of piperazine rings is 1. The number of pyridine rings is 1. The Labute approximate surface area is 188 Å². The summed E-state index contributed by atoms with van der Waals surface area (Å²) in [5.41, 5.74) is 1.15. The van der Waals surface area contributed by atoms with Crippen LogP contribution in [-0.4, -0.2) is 64.9 Å². The van der Waals surface area contributed by atoms with Gasteiger partial charge in [-0.15, -0.1) is 5.10 Å². The predicted octanol–water partition coefficient (Wildman–Crippen LogP) is 1.86. The van der Waals surface area contributed by atoms with Crippen molar-refractivity contribution in [3.05, 3.63) is 42.4 Å². The van der Waals surface area contributed by atoms with Gasteiger partial charge in [0.25, 0.3) is 0 Å². The summed E-state index contributed by atoms with van der Waals surface area (Å²) in [5.74, 6) is 1.38. The summed E-state index contributed by atoms with van der Waals surface area (Å²) in [7, 11) is 0. The van der Waals surface area contributed by atoms with Crippen molar-refractivity contribution in [3.63, 3.8) is 0 Å². The molecule has 2 aromatic heterocycles. The van der Waals surface area contributed by atoms with Crippen LogP contribution in [0.5, 0.6) is 11.5 Å². The normalized spacial score (nSPS) is 14.8. The van der Waals surface area contributed by atoms with E-state index in [0.717, 1.165) is 5.82 Å². The first-order chi connectivity index (χ1) is 16.0. The summed E-state index contributed by atoms with van der Waals surface area (Å²) >= 11 is 0. The molecule has 2 N–H and O–H groups in total. The molecule has 1 aromatic carbocycles. The van der Waals surface area contributed by atoms with Crippen LogP contribution in [0.3, 0.4) is 0 Å². The summed E-state index contributed by atoms with van der Waals surface area (Å²) in [6.07, 6.45) is 1.56. The highest BCUT2D eigenvalue weighted by Crippen LogP contribution is 2.35. The molecule has 0 radical (unpaired) electrons. The van der Waals surface area contributed by atoms with Crippen molar-refractivity contribution < 1.29 is 23.5 Å². The molecule has 170 valence electrons. The van der Waals surface area contributed by atoms with Gasteiger partial charge < -0.3 is 34.3 Å². The molecule has 1 saturated heterocycles. The number of hydrogen-bond acceptors (Lipinski definition) is 10. The maximum atomic E-state index is 12.5. The van der Waals surface area contributed by atoms with Gasteiger partial charge in [0.15, 0.2) is 11.5 Å². The van der Waals surface area contributed by atoms with Gasteiger partial charge in [-0.3, -0.25) is 9.59 Å². The average Bonchev–Trinajstić information content (AvgIpc) is 3.49. The van der Waals surface area contributed by atoms with Crippen LogP contribution in [0.4, 0.5) is 23.2 Å². The summed E-state index contributed by atoms with van der Waals surface area (Å²) in [6, 6.07) is 8.90. The van der Waals surface area contributed by atoms with Gasteiger partial charge in [0.2, 0.25) is 12.7 Å². The fourth-order valence-corrected chi connectivity index (χ4v) is 3.55. The first-order valence-electron chi connectivity index (χ1n) is 10.3. The molecular formula is C21H21N7O5. The van der Waals surface area contributed by atoms with Gasteiger partial charge in [0, 0.05) is 44.9 Å². The molecule has 1 fully saturated rings. The second kappa shape index (κ2) is 8.65. The Morgan fingerprint density at radius 3 is 2.52 bits per heavy atom. The Hall–Kier alpha value is -4.35. The molecule has 33 heavy (non-hydrogen) atoms. The maximum Gasteiger partial charge on any atom is 0.320 e. The fourth-order valence-electron chi connectivity index (χ4n) is 3.55. The molecule has 5 rings (SSSR count). The Bertz CT molecular complexity index is 1170. The molecule has 0 saturated carbocycles. The number of aromatic nitrogens is 3. The smallest absolute Gasteiger partial charge is 0.320 e. The van der Waals surface area contributed by atoms with Gasteiger partial charge in [-0.25, -0.2) is 4.98 Å². The van der Waals surface area contributed by atoms with Crippen molar-refractivity contribution in [1.82, 2.24) is 20.1 Å². The third-order valence-electron chi connectivity index (χ3n) is 5.30. The molecule has 0 atom stereocenters. The molecule has 0 spiro atoms. The number of nitrogens with one attached hydrogen (secondary N) is 2. The SMILES string of the molecule is CC(=O)N1CCN(c2ccc(NC(=O)c3nnc(Nc4ccc5c(c4)OCO5)o3)cn2)CC1. The number of benzene rings is 1. The van der Waals surface area contributed by atoms with Gasteiger partial charge in [0.05, 0.1) is 11.9 Å². The van der Waals surface area contributed by atoms with Crippen molar-refractivity contribution in [2.45, 2.75) is 6.92 Å². The van der Waals surface area contributed by atoms with Gasteiger partial charge >= 0.3 is 17.8 Å². The number of nitrogens with zero attached hydrogens (tertiary/aromatic N) is 5. The van der Waals surface area contributed by atoms with E-state index in [1.54, 1.807) is 37.4 Å². The summed E-state index contributed by atoms with van der Waals surface area (Å²) in [4.78, 5) is 32.3. The molecule has 0 bridgehead atoms. The molecule has 2 aliphatic rings. The highest BCUT2D eigenvalue weighted by molar-refractivity contribution is 6.00. The minimum absolute atomic E-state index is 0.0668. The van der Waals surface area contributed by atoms with Crippen molar-refractivity contribution in [2.24, 2.45) is 0 Å². The zero-order chi connectivity index (χ0) is 22.8. The van der Waals surface area contributed by atoms with Crippen LogP contribution < -0.4 is 25.0 Å². The molecule has 0 unspecified atom stereocenters. The number of carbonyl (C=O) groups excluding carboxylic acids is 2. The van der Waals surface area contributed by atoms with Gasteiger partial charge in [-0.05, 0) is 24.3 Å². The quantitative estimate of drug-likeness (QED) is 0.592. The standard InChI is InChI=1S/C21H21N7O5/c1-13(29)27-6-8-28(9-7-27)18-5-3-15(11-22-18)23-19(30)20-25-26-21(33-20)24-14-2-4-16-17(10-14)32-12-31-16/h2-5,10-11H,6-9,12H2,1H3,(H,23,30)(H,24,26). The molecular weight excluding hydrogens is 430 g/mol. The molecule has 12 nitrogen and oxygen atoms in total. The zero-order valence-corrected chi connectivity index (χ0v) is 17.8. The third kappa shape index (κ3) is 4.49. The van der Waals surface area contributed by atoms with Crippen molar-refractivity contribution in [3.8, 4) is 11.5 Å². The van der Waals surface area contributed by atoms with Crippen LogP contribution in [0.25, 0.3) is 0 Å². The van der Waals surface area contributed by atoms with Crippen LogP contribution >= 0.6 is 0 Å². The highest BCUT2D eigenvalue weighted by atomic mass is 16.7. The van der Waals surface area contributed by atoms with E-state index >= 15 is 0 Å². The molecule has 4 heterocycles. The van der Waals surface area contributed by atoms with E-state index < -0.39 is 5.91 Å². The van der Waals surface area contributed by atoms with Crippen molar-refractivity contribution in [2.75, 3.05) is 48.5 Å². The molecule has 2 amide bonds. The monoisotopic (exact) mass is 451 g/mol. The lowest BCUT2D eigenvalue weighted by atomic mass is 10.3. The van der Waals surface area contributed by atoms with Crippen LogP contribution in [-0.2, 0) is 4.79 Å². The lowest BCUT2D eigenvalue weighted by Crippen LogP contribution is -2.48. The van der Waals surface area contributed by atoms with Gasteiger partial charge in [0.1, 0.15) is 5.82 Å². The number of ether oxygens (including phenoxy) is 2. The zero-order valence-electron chi connectivity index (χ0n) is 17.8. The summed E-state index contributed by atoms with van der Waals surface area (Å²) < 4.78 is 16.0. The van der Waals surface area contributed by atoms with Gasteiger partial charge in [-0.2, -0.15) is 0 Å². The average molecular weight is 451 g/mol. The fraction of sp³-hybridized carbons (Fsp3) is 0.286. The number of rotatable bonds is 5. The van der Waals surface area contributed by atoms with Crippen molar-refractivity contribution >= 4 is 35.0 Å². The van der Waals surface area contributed by atoms with Gasteiger partial charge in [-0.1, -0.05) is 5.10 Å². The maximum absolute atomic E-state index is 12.5. The molecule has 3 aromatic rings. The summed E-state index contributed by atoms with van der Waals surface area (Å²) in [5, 5.41) is 13.3. The number of hydrogen-bond donors (Lipinski definition) is 2. The second-order valence-corrected chi connectivity index (χ2v) is 7.46. The number of carbonyl (C=O) groups is 2. The molecule has 2 aliphatic heterocycles. The Kier molecular flexibility index (Phi) is 5.39. The minimum Gasteiger partial charge on any atom is -0.454 e. The Morgan fingerprint density at radius 2 is 1.76 bits per heavy atom. The van der Waals surface area contributed by atoms with Crippen LogP contribution in [0.15, 0.2) is 40.9 Å². The Morgan fingerprint density at radius 1 is 0.970 bits per heavy atom. The van der Waals surface area contributed by atoms with Crippen LogP contribution in [0, 0.1) is 0 Å². The van der Waals surface area contributed by atoms with E-state index in [4.69, 9.17) is 13.9 Å². The summed E-state index contributed by atoms with van der Waals surface area (Å²) in [6.45, 7) is 4.49. The largest absolute Gasteiger partial charge is 0.454 e. The third-order valence-corrected chi connectivity index (χ3v) is 5.30. The van der Waals surface area contributed by atoms with E-state index in [1.807, 2.05) is 11.0 Å². The topological polar surface area (TPSA) is 135 Å². The van der Waals surface area contributed by atoms with Crippen molar-refractivity contribution in [1.29, 1.82) is 0 Å². The number of anilines is 4.